The van der Waals surface area contributed by atoms with Crippen LogP contribution in [0.15, 0.2) is 35.4 Å². The Hall–Kier alpha value is -2.55. The quantitative estimate of drug-likeness (QED) is 0.724. The molecule has 0 unspecified atom stereocenters. The van der Waals surface area contributed by atoms with E-state index >= 15 is 0 Å². The molecule has 0 radical (unpaired) electrons. The van der Waals surface area contributed by atoms with E-state index in [0.717, 1.165) is 0 Å². The maximum Gasteiger partial charge on any atom is 0.267 e. The van der Waals surface area contributed by atoms with Gasteiger partial charge in [-0.2, -0.15) is 5.10 Å². The lowest BCUT2D eigenvalue weighted by Gasteiger charge is -2.07. The van der Waals surface area contributed by atoms with E-state index in [0.29, 0.717) is 5.69 Å². The topological polar surface area (TPSA) is 133 Å². The Morgan fingerprint density at radius 2 is 1.90 bits per heavy atom. The lowest BCUT2D eigenvalue weighted by molar-refractivity contribution is 0.100. The second kappa shape index (κ2) is 4.85. The van der Waals surface area contributed by atoms with Crippen molar-refractivity contribution in [2.75, 3.05) is 10.5 Å². The van der Waals surface area contributed by atoms with Crippen LogP contribution in [0, 0.1) is 0 Å². The van der Waals surface area contributed by atoms with E-state index in [1.54, 1.807) is 7.05 Å². The van der Waals surface area contributed by atoms with E-state index in [9.17, 15) is 13.2 Å². The predicted molar refractivity (Wildman–Crippen MR) is 73.4 cm³/mol. The number of aryl methyl sites for hydroxylation is 1. The van der Waals surface area contributed by atoms with Crippen LogP contribution in [0.3, 0.4) is 0 Å². The maximum atomic E-state index is 12.1. The first-order valence-corrected chi connectivity index (χ1v) is 7.00. The first-order valence-electron chi connectivity index (χ1n) is 5.51. The molecule has 0 aliphatic carbocycles. The predicted octanol–water partition coefficient (Wildman–Crippen LogP) is -0.0980. The van der Waals surface area contributed by atoms with Gasteiger partial charge in [0.1, 0.15) is 4.90 Å². The number of anilines is 2. The smallest absolute Gasteiger partial charge is 0.267 e. The molecule has 1 amide bonds. The van der Waals surface area contributed by atoms with Gasteiger partial charge < -0.3 is 11.5 Å². The summed E-state index contributed by atoms with van der Waals surface area (Å²) in [5.41, 5.74) is 11.2. The second-order valence-electron chi connectivity index (χ2n) is 4.10. The van der Waals surface area contributed by atoms with Crippen molar-refractivity contribution in [2.24, 2.45) is 12.8 Å². The van der Waals surface area contributed by atoms with Gasteiger partial charge in [-0.15, -0.1) is 0 Å². The van der Waals surface area contributed by atoms with Crippen LogP contribution < -0.4 is 16.2 Å². The van der Waals surface area contributed by atoms with Crippen LogP contribution in [0.1, 0.15) is 10.4 Å². The van der Waals surface area contributed by atoms with Crippen LogP contribution in [-0.2, 0) is 17.1 Å². The average molecular weight is 295 g/mol. The standard InChI is InChI=1S/C11H13N5O3S/c1-16-6-9(10(12)14-16)20(18,19)15-8-4-2-7(3-5-8)11(13)17/h2-6,15H,1H3,(H2,12,14)(H2,13,17). The van der Waals surface area contributed by atoms with Crippen molar-refractivity contribution < 1.29 is 13.2 Å². The minimum absolute atomic E-state index is 0.0891. The fraction of sp³-hybridized carbons (Fsp3) is 0.0909. The highest BCUT2D eigenvalue weighted by molar-refractivity contribution is 7.92. The van der Waals surface area contributed by atoms with Crippen LogP contribution in [0.25, 0.3) is 0 Å². The highest BCUT2D eigenvalue weighted by atomic mass is 32.2. The number of nitrogen functional groups attached to an aromatic ring is 1. The molecule has 2 aromatic rings. The van der Waals surface area contributed by atoms with Gasteiger partial charge in [0.15, 0.2) is 5.82 Å². The molecule has 0 bridgehead atoms. The molecule has 1 heterocycles. The molecule has 0 saturated heterocycles. The third kappa shape index (κ3) is 2.72. The van der Waals surface area contributed by atoms with E-state index in [2.05, 4.69) is 9.82 Å². The first kappa shape index (κ1) is 13.9. The average Bonchev–Trinajstić information content (AvgIpc) is 2.69. The number of nitrogens with two attached hydrogens (primary N) is 2. The molecule has 20 heavy (non-hydrogen) atoms. The van der Waals surface area contributed by atoms with Crippen molar-refractivity contribution in [3.63, 3.8) is 0 Å². The zero-order chi connectivity index (χ0) is 14.9. The van der Waals surface area contributed by atoms with Gasteiger partial charge in [-0.1, -0.05) is 0 Å². The summed E-state index contributed by atoms with van der Waals surface area (Å²) in [7, 11) is -2.26. The maximum absolute atomic E-state index is 12.1. The normalized spacial score (nSPS) is 11.2. The zero-order valence-corrected chi connectivity index (χ0v) is 11.4. The third-order valence-corrected chi connectivity index (χ3v) is 3.93. The van der Waals surface area contributed by atoms with E-state index in [4.69, 9.17) is 11.5 Å². The van der Waals surface area contributed by atoms with Crippen molar-refractivity contribution in [3.05, 3.63) is 36.0 Å². The Balaban J connectivity index is 2.28. The Morgan fingerprint density at radius 1 is 1.30 bits per heavy atom. The van der Waals surface area contributed by atoms with Gasteiger partial charge in [0, 0.05) is 24.5 Å². The fourth-order valence-electron chi connectivity index (χ4n) is 1.60. The van der Waals surface area contributed by atoms with E-state index in [1.165, 1.54) is 35.1 Å². The molecular formula is C11H13N5O3S. The summed E-state index contributed by atoms with van der Waals surface area (Å²) in [6.45, 7) is 0. The van der Waals surface area contributed by atoms with Gasteiger partial charge >= 0.3 is 0 Å². The number of sulfonamides is 1. The molecule has 0 aliphatic heterocycles. The summed E-state index contributed by atoms with van der Waals surface area (Å²) in [5.74, 6) is -0.676. The molecule has 1 aromatic carbocycles. The van der Waals surface area contributed by atoms with Gasteiger partial charge in [0.2, 0.25) is 5.91 Å². The molecule has 0 atom stereocenters. The van der Waals surface area contributed by atoms with E-state index < -0.39 is 15.9 Å². The van der Waals surface area contributed by atoms with Crippen molar-refractivity contribution in [3.8, 4) is 0 Å². The summed E-state index contributed by atoms with van der Waals surface area (Å²) in [5, 5.41) is 3.77. The fourth-order valence-corrected chi connectivity index (χ4v) is 2.77. The minimum atomic E-state index is -3.83. The summed E-state index contributed by atoms with van der Waals surface area (Å²) in [6, 6.07) is 5.72. The van der Waals surface area contributed by atoms with Crippen molar-refractivity contribution in [2.45, 2.75) is 4.90 Å². The first-order chi connectivity index (χ1) is 9.29. The number of hydrogen-bond donors (Lipinski definition) is 3. The molecule has 0 aliphatic rings. The highest BCUT2D eigenvalue weighted by Gasteiger charge is 2.20. The molecule has 9 heteroatoms. The van der Waals surface area contributed by atoms with Crippen LogP contribution in [-0.4, -0.2) is 24.1 Å². The number of carbonyl (C=O) groups is 1. The van der Waals surface area contributed by atoms with Crippen LogP contribution in [0.4, 0.5) is 11.5 Å². The molecule has 8 nitrogen and oxygen atoms in total. The van der Waals surface area contributed by atoms with Crippen molar-refractivity contribution in [1.82, 2.24) is 9.78 Å². The number of primary amides is 1. The van der Waals surface area contributed by atoms with Gasteiger partial charge in [-0.25, -0.2) is 8.42 Å². The van der Waals surface area contributed by atoms with Crippen molar-refractivity contribution >= 4 is 27.4 Å². The Labute approximate surface area is 115 Å². The van der Waals surface area contributed by atoms with Crippen LogP contribution >= 0.6 is 0 Å². The number of rotatable bonds is 4. The second-order valence-corrected chi connectivity index (χ2v) is 5.75. The number of hydrogen-bond acceptors (Lipinski definition) is 5. The highest BCUT2D eigenvalue weighted by Crippen LogP contribution is 2.20. The Morgan fingerprint density at radius 3 is 2.35 bits per heavy atom. The number of benzene rings is 1. The number of amides is 1. The number of nitrogens with zero attached hydrogens (tertiary/aromatic N) is 2. The number of aromatic nitrogens is 2. The summed E-state index contributed by atoms with van der Waals surface area (Å²) in [6.07, 6.45) is 1.30. The molecule has 0 fully saturated rings. The molecule has 5 N–H and O–H groups in total. The Bertz CT molecular complexity index is 749. The van der Waals surface area contributed by atoms with E-state index in [-0.39, 0.29) is 16.3 Å². The number of carbonyl (C=O) groups excluding carboxylic acids is 1. The van der Waals surface area contributed by atoms with Gasteiger partial charge in [-0.05, 0) is 24.3 Å². The van der Waals surface area contributed by atoms with Crippen LogP contribution in [0.5, 0.6) is 0 Å². The monoisotopic (exact) mass is 295 g/mol. The van der Waals surface area contributed by atoms with Gasteiger partial charge in [0.05, 0.1) is 0 Å². The Kier molecular flexibility index (Phi) is 3.36. The molecule has 2 rings (SSSR count). The molecule has 0 spiro atoms. The molecule has 1 aromatic heterocycles. The molecule has 0 saturated carbocycles. The number of nitrogens with one attached hydrogen (secondary N) is 1. The van der Waals surface area contributed by atoms with E-state index in [1.807, 2.05) is 0 Å². The largest absolute Gasteiger partial charge is 0.381 e. The van der Waals surface area contributed by atoms with Crippen molar-refractivity contribution in [1.29, 1.82) is 0 Å². The lowest BCUT2D eigenvalue weighted by Crippen LogP contribution is -2.14. The third-order valence-electron chi connectivity index (χ3n) is 2.53. The molecular weight excluding hydrogens is 282 g/mol. The summed E-state index contributed by atoms with van der Waals surface area (Å²) < 4.78 is 27.9. The van der Waals surface area contributed by atoms with Gasteiger partial charge in [0.25, 0.3) is 10.0 Å². The minimum Gasteiger partial charge on any atom is -0.381 e. The summed E-state index contributed by atoms with van der Waals surface area (Å²) in [4.78, 5) is 10.8. The lowest BCUT2D eigenvalue weighted by atomic mass is 10.2. The molecule has 106 valence electrons. The zero-order valence-electron chi connectivity index (χ0n) is 10.6. The summed E-state index contributed by atoms with van der Waals surface area (Å²) >= 11 is 0. The van der Waals surface area contributed by atoms with Gasteiger partial charge in [-0.3, -0.25) is 14.2 Å². The van der Waals surface area contributed by atoms with Crippen LogP contribution in [0.2, 0.25) is 0 Å². The SMILES string of the molecule is Cn1cc(S(=O)(=O)Nc2ccc(C(N)=O)cc2)c(N)n1.